The molecular weight excluding hydrogens is 409 g/mol. The van der Waals surface area contributed by atoms with Crippen LogP contribution in [0.25, 0.3) is 11.0 Å². The zero-order chi connectivity index (χ0) is 22.1. The molecule has 1 amide bonds. The van der Waals surface area contributed by atoms with E-state index < -0.39 is 5.82 Å². The van der Waals surface area contributed by atoms with Gasteiger partial charge in [0.15, 0.2) is 11.2 Å². The van der Waals surface area contributed by atoms with E-state index in [0.29, 0.717) is 19.1 Å². The van der Waals surface area contributed by atoms with E-state index in [1.807, 2.05) is 0 Å². The molecule has 1 aromatic carbocycles. The number of fused-ring (bicyclic) bond motifs is 1. The zero-order valence-electron chi connectivity index (χ0n) is 18.6. The van der Waals surface area contributed by atoms with Crippen LogP contribution >= 0.6 is 0 Å². The van der Waals surface area contributed by atoms with Gasteiger partial charge in [-0.05, 0) is 37.8 Å². The molecule has 2 aliphatic heterocycles. The van der Waals surface area contributed by atoms with Gasteiger partial charge in [0, 0.05) is 63.5 Å². The Bertz CT molecular complexity index is 1020. The Balaban J connectivity index is 1.24. The molecule has 3 fully saturated rings. The molecule has 6 nitrogen and oxygen atoms in total. The fourth-order valence-corrected chi connectivity index (χ4v) is 5.74. The summed E-state index contributed by atoms with van der Waals surface area (Å²) in [5, 5.41) is 0.287. The van der Waals surface area contributed by atoms with Crippen LogP contribution in [0, 0.1) is 5.82 Å². The molecule has 0 radical (unpaired) electrons. The van der Waals surface area contributed by atoms with Crippen LogP contribution in [-0.4, -0.2) is 72.0 Å². The molecule has 1 aromatic heterocycles. The molecule has 2 aromatic rings. The van der Waals surface area contributed by atoms with Crippen molar-refractivity contribution >= 4 is 16.9 Å². The summed E-state index contributed by atoms with van der Waals surface area (Å²) in [6.07, 6.45) is 8.81. The van der Waals surface area contributed by atoms with Crippen molar-refractivity contribution in [2.24, 2.45) is 0 Å². The molecule has 7 heteroatoms. The lowest BCUT2D eigenvalue weighted by Crippen LogP contribution is -2.57. The number of amides is 1. The van der Waals surface area contributed by atoms with E-state index in [1.54, 1.807) is 4.90 Å². The lowest BCUT2D eigenvalue weighted by Gasteiger charge is -2.45. The van der Waals surface area contributed by atoms with Crippen molar-refractivity contribution < 1.29 is 13.6 Å². The fourth-order valence-electron chi connectivity index (χ4n) is 5.74. The standard InChI is InChI=1S/C25H32FN3O3/c26-18-8-9-21-22(30)16-24(32-23(21)15-18)25(31)29-10-4-7-20(17-29)28-13-11-27(12-14-28)19-5-2-1-3-6-19/h8-9,15-16,19-20H,1-7,10-14,17H2. The summed E-state index contributed by atoms with van der Waals surface area (Å²) >= 11 is 0. The smallest absolute Gasteiger partial charge is 0.289 e. The first-order valence-electron chi connectivity index (χ1n) is 12.1. The molecule has 1 unspecified atom stereocenters. The number of piperazine rings is 1. The maximum atomic E-state index is 13.6. The summed E-state index contributed by atoms with van der Waals surface area (Å²) < 4.78 is 19.2. The molecule has 5 rings (SSSR count). The lowest BCUT2D eigenvalue weighted by molar-refractivity contribution is 0.0266. The van der Waals surface area contributed by atoms with Gasteiger partial charge in [0.25, 0.3) is 5.91 Å². The number of benzene rings is 1. The molecular formula is C25H32FN3O3. The second kappa shape index (κ2) is 9.32. The Kier molecular flexibility index (Phi) is 6.28. The van der Waals surface area contributed by atoms with Gasteiger partial charge in [-0.3, -0.25) is 19.4 Å². The molecule has 32 heavy (non-hydrogen) atoms. The largest absolute Gasteiger partial charge is 0.451 e. The van der Waals surface area contributed by atoms with Crippen molar-refractivity contribution in [3.05, 3.63) is 46.1 Å². The van der Waals surface area contributed by atoms with E-state index in [2.05, 4.69) is 9.80 Å². The van der Waals surface area contributed by atoms with Gasteiger partial charge >= 0.3 is 0 Å². The van der Waals surface area contributed by atoms with Gasteiger partial charge in [-0.25, -0.2) is 4.39 Å². The van der Waals surface area contributed by atoms with Crippen LogP contribution in [0.2, 0.25) is 0 Å². The summed E-state index contributed by atoms with van der Waals surface area (Å²) in [7, 11) is 0. The van der Waals surface area contributed by atoms with Crippen LogP contribution in [0.4, 0.5) is 4.39 Å². The topological polar surface area (TPSA) is 57.0 Å². The van der Waals surface area contributed by atoms with E-state index in [1.165, 1.54) is 56.4 Å². The Morgan fingerprint density at radius 2 is 1.56 bits per heavy atom. The molecule has 172 valence electrons. The van der Waals surface area contributed by atoms with E-state index in [0.717, 1.165) is 45.1 Å². The average molecular weight is 442 g/mol. The van der Waals surface area contributed by atoms with Crippen LogP contribution < -0.4 is 5.43 Å². The van der Waals surface area contributed by atoms with Gasteiger partial charge < -0.3 is 9.32 Å². The quantitative estimate of drug-likeness (QED) is 0.730. The van der Waals surface area contributed by atoms with E-state index in [9.17, 15) is 14.0 Å². The van der Waals surface area contributed by atoms with Gasteiger partial charge in [0.2, 0.25) is 0 Å². The molecule has 0 bridgehead atoms. The predicted molar refractivity (Wildman–Crippen MR) is 121 cm³/mol. The minimum atomic E-state index is -0.490. The van der Waals surface area contributed by atoms with Gasteiger partial charge in [0.1, 0.15) is 11.4 Å². The fraction of sp³-hybridized carbons (Fsp3) is 0.600. The number of hydrogen-bond donors (Lipinski definition) is 0. The third-order valence-electron chi connectivity index (χ3n) is 7.54. The molecule has 0 spiro atoms. The van der Waals surface area contributed by atoms with Crippen LogP contribution in [0.3, 0.4) is 0 Å². The number of nitrogens with zero attached hydrogens (tertiary/aromatic N) is 3. The number of piperidine rings is 1. The van der Waals surface area contributed by atoms with Crippen molar-refractivity contribution in [2.45, 2.75) is 57.0 Å². The number of halogens is 1. The van der Waals surface area contributed by atoms with Crippen LogP contribution in [-0.2, 0) is 0 Å². The highest BCUT2D eigenvalue weighted by Crippen LogP contribution is 2.25. The maximum absolute atomic E-state index is 13.6. The molecule has 0 N–H and O–H groups in total. The van der Waals surface area contributed by atoms with Gasteiger partial charge in [-0.15, -0.1) is 0 Å². The van der Waals surface area contributed by atoms with E-state index in [4.69, 9.17) is 4.42 Å². The molecule has 3 aliphatic rings. The van der Waals surface area contributed by atoms with Crippen molar-refractivity contribution in [2.75, 3.05) is 39.3 Å². The van der Waals surface area contributed by atoms with Gasteiger partial charge in [-0.1, -0.05) is 19.3 Å². The third kappa shape index (κ3) is 4.46. The zero-order valence-corrected chi connectivity index (χ0v) is 18.6. The number of carbonyl (C=O) groups is 1. The number of likely N-dealkylation sites (tertiary alicyclic amines) is 1. The summed E-state index contributed by atoms with van der Waals surface area (Å²) in [5.74, 6) is -0.773. The number of rotatable bonds is 3. The second-order valence-corrected chi connectivity index (χ2v) is 9.53. The van der Waals surface area contributed by atoms with Crippen molar-refractivity contribution in [1.82, 2.24) is 14.7 Å². The SMILES string of the molecule is O=C(c1cc(=O)c2ccc(F)cc2o1)N1CCCC(N2CCN(C3CCCCC3)CC2)C1. The number of hydrogen-bond acceptors (Lipinski definition) is 5. The van der Waals surface area contributed by atoms with Gasteiger partial charge in [0.05, 0.1) is 5.39 Å². The van der Waals surface area contributed by atoms with Crippen LogP contribution in [0.5, 0.6) is 0 Å². The highest BCUT2D eigenvalue weighted by Gasteiger charge is 2.33. The minimum Gasteiger partial charge on any atom is -0.451 e. The normalized spacial score (nSPS) is 24.2. The summed E-state index contributed by atoms with van der Waals surface area (Å²) in [6, 6.07) is 6.13. The molecule has 1 saturated carbocycles. The minimum absolute atomic E-state index is 0.00383. The first-order chi connectivity index (χ1) is 15.6. The third-order valence-corrected chi connectivity index (χ3v) is 7.54. The number of carbonyl (C=O) groups excluding carboxylic acids is 1. The molecule has 2 saturated heterocycles. The first-order valence-corrected chi connectivity index (χ1v) is 12.1. The maximum Gasteiger partial charge on any atom is 0.289 e. The predicted octanol–water partition coefficient (Wildman–Crippen LogP) is 3.49. The van der Waals surface area contributed by atoms with Gasteiger partial charge in [-0.2, -0.15) is 0 Å². The van der Waals surface area contributed by atoms with Crippen molar-refractivity contribution in [1.29, 1.82) is 0 Å². The van der Waals surface area contributed by atoms with E-state index >= 15 is 0 Å². The lowest BCUT2D eigenvalue weighted by atomic mass is 9.93. The Hall–Kier alpha value is -2.25. The average Bonchev–Trinajstić information content (AvgIpc) is 2.84. The summed E-state index contributed by atoms with van der Waals surface area (Å²) in [6.45, 7) is 5.62. The summed E-state index contributed by atoms with van der Waals surface area (Å²) in [4.78, 5) is 32.5. The second-order valence-electron chi connectivity index (χ2n) is 9.53. The summed E-state index contributed by atoms with van der Waals surface area (Å²) in [5.41, 5.74) is -0.199. The monoisotopic (exact) mass is 441 g/mol. The van der Waals surface area contributed by atoms with Crippen molar-refractivity contribution in [3.8, 4) is 0 Å². The van der Waals surface area contributed by atoms with Crippen LogP contribution in [0.15, 0.2) is 33.5 Å². The Labute approximate surface area is 188 Å². The first kappa shape index (κ1) is 21.6. The Morgan fingerprint density at radius 3 is 2.31 bits per heavy atom. The van der Waals surface area contributed by atoms with Crippen LogP contribution in [0.1, 0.15) is 55.5 Å². The van der Waals surface area contributed by atoms with Crippen molar-refractivity contribution in [3.63, 3.8) is 0 Å². The molecule has 3 heterocycles. The molecule has 1 aliphatic carbocycles. The highest BCUT2D eigenvalue weighted by atomic mass is 19.1. The van der Waals surface area contributed by atoms with E-state index in [-0.39, 0.29) is 28.1 Å². The molecule has 1 atom stereocenters. The highest BCUT2D eigenvalue weighted by molar-refractivity contribution is 5.93. The Morgan fingerprint density at radius 1 is 0.875 bits per heavy atom.